The lowest BCUT2D eigenvalue weighted by atomic mass is 10.1. The number of nitrogens with zero attached hydrogens (tertiary/aromatic N) is 2. The molecule has 3 aromatic rings. The molecule has 0 aliphatic rings. The number of thiophene rings is 1. The molecule has 6 nitrogen and oxygen atoms in total. The second-order valence-corrected chi connectivity index (χ2v) is 6.93. The van der Waals surface area contributed by atoms with Crippen molar-refractivity contribution in [2.75, 3.05) is 5.32 Å². The molecule has 2 heterocycles. The van der Waals surface area contributed by atoms with Gasteiger partial charge in [0.2, 0.25) is 0 Å². The van der Waals surface area contributed by atoms with Crippen LogP contribution < -0.4 is 5.32 Å². The van der Waals surface area contributed by atoms with Crippen LogP contribution in [0.15, 0.2) is 30.3 Å². The zero-order valence-electron chi connectivity index (χ0n) is 14.0. The number of carboxylic acids is 1. The molecule has 0 spiro atoms. The van der Waals surface area contributed by atoms with Crippen LogP contribution in [0.25, 0.3) is 10.2 Å². The Morgan fingerprint density at radius 1 is 1.28 bits per heavy atom. The number of phenolic OH excluding ortho intramolecular Hbond substituents is 1. The number of hydrogen-bond donors (Lipinski definition) is 3. The van der Waals surface area contributed by atoms with Crippen molar-refractivity contribution in [3.05, 3.63) is 46.6 Å². The molecule has 0 saturated carbocycles. The number of aryl methyl sites for hydroxylation is 2. The van der Waals surface area contributed by atoms with Gasteiger partial charge in [-0.3, -0.25) is 0 Å². The van der Waals surface area contributed by atoms with E-state index in [1.54, 1.807) is 42.5 Å². The SMILES string of the molecule is CCc1cc2c(NC(Cc3ccc(O)cc3)C(=O)O)nc(C)nc2s1. The Hall–Kier alpha value is -2.67. The van der Waals surface area contributed by atoms with E-state index < -0.39 is 12.0 Å². The molecule has 0 fully saturated rings. The van der Waals surface area contributed by atoms with Crippen LogP contribution in [0.3, 0.4) is 0 Å². The second-order valence-electron chi connectivity index (χ2n) is 5.81. The van der Waals surface area contributed by atoms with Gasteiger partial charge >= 0.3 is 5.97 Å². The molecule has 25 heavy (non-hydrogen) atoms. The lowest BCUT2D eigenvalue weighted by Crippen LogP contribution is -2.32. The van der Waals surface area contributed by atoms with Crippen molar-refractivity contribution in [3.63, 3.8) is 0 Å². The summed E-state index contributed by atoms with van der Waals surface area (Å²) in [5, 5.41) is 22.9. The monoisotopic (exact) mass is 357 g/mol. The van der Waals surface area contributed by atoms with Gasteiger partial charge in [0.05, 0.1) is 5.39 Å². The smallest absolute Gasteiger partial charge is 0.326 e. The summed E-state index contributed by atoms with van der Waals surface area (Å²) in [4.78, 5) is 22.6. The third kappa shape index (κ3) is 3.88. The number of hydrogen-bond acceptors (Lipinski definition) is 6. The number of carboxylic acid groups (broad SMARTS) is 1. The van der Waals surface area contributed by atoms with E-state index in [2.05, 4.69) is 22.2 Å². The van der Waals surface area contributed by atoms with Crippen LogP contribution in [-0.2, 0) is 17.6 Å². The maximum absolute atomic E-state index is 11.7. The van der Waals surface area contributed by atoms with Crippen LogP contribution in [-0.4, -0.2) is 32.2 Å². The topological polar surface area (TPSA) is 95.3 Å². The van der Waals surface area contributed by atoms with Gasteiger partial charge in [-0.25, -0.2) is 14.8 Å². The molecule has 0 saturated heterocycles. The predicted molar refractivity (Wildman–Crippen MR) is 98.4 cm³/mol. The standard InChI is InChI=1S/C18H19N3O3S/c1-3-13-9-14-16(19-10(2)20-17(14)25-13)21-15(18(23)24)8-11-4-6-12(22)7-5-11/h4-7,9,15,22H,3,8H2,1-2H3,(H,23,24)(H,19,20,21). The third-order valence-corrected chi connectivity index (χ3v) is 5.06. The fourth-order valence-electron chi connectivity index (χ4n) is 2.60. The molecule has 3 rings (SSSR count). The summed E-state index contributed by atoms with van der Waals surface area (Å²) in [7, 11) is 0. The first-order valence-electron chi connectivity index (χ1n) is 8.00. The fourth-order valence-corrected chi connectivity index (χ4v) is 3.61. The highest BCUT2D eigenvalue weighted by Gasteiger charge is 2.21. The predicted octanol–water partition coefficient (Wildman–Crippen LogP) is 3.38. The fraction of sp³-hybridized carbons (Fsp3) is 0.278. The van der Waals surface area contributed by atoms with Gasteiger partial charge in [-0.05, 0) is 37.1 Å². The van der Waals surface area contributed by atoms with E-state index in [-0.39, 0.29) is 12.2 Å². The highest BCUT2D eigenvalue weighted by Crippen LogP contribution is 2.30. The first-order valence-corrected chi connectivity index (χ1v) is 8.82. The minimum atomic E-state index is -0.955. The molecule has 0 bridgehead atoms. The summed E-state index contributed by atoms with van der Waals surface area (Å²) in [6, 6.07) is 7.72. The highest BCUT2D eigenvalue weighted by atomic mass is 32.1. The average Bonchev–Trinajstić information content (AvgIpc) is 2.99. The van der Waals surface area contributed by atoms with Crippen molar-refractivity contribution in [2.24, 2.45) is 0 Å². The number of rotatable bonds is 6. The number of aliphatic carboxylic acids is 1. The minimum absolute atomic E-state index is 0.155. The van der Waals surface area contributed by atoms with E-state index in [0.29, 0.717) is 11.6 Å². The Labute approximate surface area is 149 Å². The largest absolute Gasteiger partial charge is 0.508 e. The molecule has 0 amide bonds. The summed E-state index contributed by atoms with van der Waals surface area (Å²) in [6.07, 6.45) is 1.18. The van der Waals surface area contributed by atoms with Crippen molar-refractivity contribution in [1.29, 1.82) is 0 Å². The van der Waals surface area contributed by atoms with Crippen molar-refractivity contribution in [1.82, 2.24) is 9.97 Å². The first-order chi connectivity index (χ1) is 12.0. The third-order valence-electron chi connectivity index (χ3n) is 3.89. The summed E-state index contributed by atoms with van der Waals surface area (Å²) in [5.41, 5.74) is 0.819. The van der Waals surface area contributed by atoms with E-state index in [1.807, 2.05) is 6.07 Å². The van der Waals surface area contributed by atoms with Gasteiger partial charge in [-0.1, -0.05) is 19.1 Å². The van der Waals surface area contributed by atoms with E-state index in [1.165, 1.54) is 4.88 Å². The average molecular weight is 357 g/mol. The number of carbonyl (C=O) groups is 1. The number of benzene rings is 1. The lowest BCUT2D eigenvalue weighted by Gasteiger charge is -2.16. The van der Waals surface area contributed by atoms with Gasteiger partial charge in [0.1, 0.15) is 28.3 Å². The Balaban J connectivity index is 1.91. The number of anilines is 1. The molecule has 1 unspecified atom stereocenters. The molecule has 3 N–H and O–H groups in total. The molecule has 1 atom stereocenters. The van der Waals surface area contributed by atoms with Crippen LogP contribution in [0, 0.1) is 6.92 Å². The molecule has 0 aliphatic heterocycles. The molecule has 2 aromatic heterocycles. The highest BCUT2D eigenvalue weighted by molar-refractivity contribution is 7.18. The van der Waals surface area contributed by atoms with Gasteiger partial charge in [0.15, 0.2) is 0 Å². The summed E-state index contributed by atoms with van der Waals surface area (Å²) >= 11 is 1.60. The number of phenols is 1. The zero-order chi connectivity index (χ0) is 18.0. The van der Waals surface area contributed by atoms with Crippen molar-refractivity contribution in [3.8, 4) is 5.75 Å². The normalized spacial score (nSPS) is 12.2. The second kappa shape index (κ2) is 7.06. The molecule has 7 heteroatoms. The quantitative estimate of drug-likeness (QED) is 0.626. The lowest BCUT2D eigenvalue weighted by molar-refractivity contribution is -0.137. The number of nitrogens with one attached hydrogen (secondary N) is 1. The Kier molecular flexibility index (Phi) is 4.85. The van der Waals surface area contributed by atoms with Crippen LogP contribution in [0.1, 0.15) is 23.2 Å². The van der Waals surface area contributed by atoms with E-state index in [0.717, 1.165) is 22.2 Å². The van der Waals surface area contributed by atoms with Gasteiger partial charge in [0.25, 0.3) is 0 Å². The summed E-state index contributed by atoms with van der Waals surface area (Å²) in [5.74, 6) is 0.350. The van der Waals surface area contributed by atoms with E-state index in [4.69, 9.17) is 0 Å². The molecular formula is C18H19N3O3S. The van der Waals surface area contributed by atoms with Gasteiger partial charge < -0.3 is 15.5 Å². The van der Waals surface area contributed by atoms with E-state index in [9.17, 15) is 15.0 Å². The van der Waals surface area contributed by atoms with Crippen molar-refractivity contribution in [2.45, 2.75) is 32.7 Å². The van der Waals surface area contributed by atoms with E-state index >= 15 is 0 Å². The number of fused-ring (bicyclic) bond motifs is 1. The minimum Gasteiger partial charge on any atom is -0.508 e. The van der Waals surface area contributed by atoms with Gasteiger partial charge in [0, 0.05) is 11.3 Å². The number of aromatic nitrogens is 2. The molecule has 130 valence electrons. The number of aromatic hydroxyl groups is 1. The Bertz CT molecular complexity index is 906. The zero-order valence-corrected chi connectivity index (χ0v) is 14.8. The van der Waals surface area contributed by atoms with Crippen molar-refractivity contribution >= 4 is 33.3 Å². The molecule has 0 aliphatic carbocycles. The summed E-state index contributed by atoms with van der Waals surface area (Å²) in [6.45, 7) is 3.87. The maximum atomic E-state index is 11.7. The van der Waals surface area contributed by atoms with Gasteiger partial charge in [-0.15, -0.1) is 11.3 Å². The summed E-state index contributed by atoms with van der Waals surface area (Å²) < 4.78 is 0. The molecule has 0 radical (unpaired) electrons. The molecule has 1 aromatic carbocycles. The van der Waals surface area contributed by atoms with Crippen LogP contribution in [0.5, 0.6) is 5.75 Å². The molecular weight excluding hydrogens is 338 g/mol. The Morgan fingerprint density at radius 3 is 2.64 bits per heavy atom. The van der Waals surface area contributed by atoms with Gasteiger partial charge in [-0.2, -0.15) is 0 Å². The Morgan fingerprint density at radius 2 is 2.00 bits per heavy atom. The van der Waals surface area contributed by atoms with Crippen LogP contribution in [0.2, 0.25) is 0 Å². The maximum Gasteiger partial charge on any atom is 0.326 e. The van der Waals surface area contributed by atoms with Crippen molar-refractivity contribution < 1.29 is 15.0 Å². The van der Waals surface area contributed by atoms with Crippen LogP contribution >= 0.6 is 11.3 Å². The van der Waals surface area contributed by atoms with Crippen LogP contribution in [0.4, 0.5) is 5.82 Å². The first kappa shape index (κ1) is 17.2.